The molecule has 0 bridgehead atoms. The van der Waals surface area contributed by atoms with E-state index >= 15 is 0 Å². The third kappa shape index (κ3) is 3.66. The molecule has 0 spiro atoms. The number of hydrogen-bond donors (Lipinski definition) is 1. The minimum atomic E-state index is -0.278. The largest absolute Gasteiger partial charge is 0.377 e. The van der Waals surface area contributed by atoms with Gasteiger partial charge in [0.1, 0.15) is 5.82 Å². The van der Waals surface area contributed by atoms with Gasteiger partial charge in [0.05, 0.1) is 6.04 Å². The van der Waals surface area contributed by atoms with Crippen molar-refractivity contribution in [2.45, 2.75) is 19.4 Å². The zero-order valence-electron chi connectivity index (χ0n) is 10.8. The number of nitrogens with one attached hydrogen (secondary N) is 1. The van der Waals surface area contributed by atoms with Crippen LogP contribution in [-0.2, 0) is 0 Å². The summed E-state index contributed by atoms with van der Waals surface area (Å²) in [6.45, 7) is 2.06. The molecule has 1 nitrogen and oxygen atoms in total. The van der Waals surface area contributed by atoms with Crippen LogP contribution in [0.4, 0.5) is 10.1 Å². The third-order valence-electron chi connectivity index (χ3n) is 3.01. The van der Waals surface area contributed by atoms with E-state index in [1.54, 1.807) is 12.1 Å². The van der Waals surface area contributed by atoms with E-state index in [1.807, 2.05) is 12.1 Å². The lowest BCUT2D eigenvalue weighted by Gasteiger charge is -2.21. The van der Waals surface area contributed by atoms with E-state index in [0.717, 1.165) is 17.7 Å². The van der Waals surface area contributed by atoms with Crippen LogP contribution in [0.1, 0.15) is 24.9 Å². The number of rotatable bonds is 4. The average molecular weight is 377 g/mol. The fourth-order valence-electron chi connectivity index (χ4n) is 1.98. The van der Waals surface area contributed by atoms with Crippen molar-refractivity contribution in [2.75, 3.05) is 5.32 Å². The van der Waals surface area contributed by atoms with Gasteiger partial charge in [0.15, 0.2) is 0 Å². The summed E-state index contributed by atoms with van der Waals surface area (Å²) in [6.07, 6.45) is 0.838. The Morgan fingerprint density at radius 3 is 2.55 bits per heavy atom. The van der Waals surface area contributed by atoms with Gasteiger partial charge in [-0.3, -0.25) is 0 Å². The highest BCUT2D eigenvalue weighted by Gasteiger charge is 2.14. The Morgan fingerprint density at radius 2 is 1.95 bits per heavy atom. The van der Waals surface area contributed by atoms with Gasteiger partial charge in [-0.05, 0) is 58.2 Å². The molecule has 0 aliphatic rings. The summed E-state index contributed by atoms with van der Waals surface area (Å²) in [4.78, 5) is 0. The molecular formula is C15H13BrCl2FN. The highest BCUT2D eigenvalue weighted by Crippen LogP contribution is 2.33. The molecule has 1 N–H and O–H groups in total. The molecule has 1 atom stereocenters. The molecule has 0 amide bonds. The molecule has 0 aromatic heterocycles. The van der Waals surface area contributed by atoms with Crippen molar-refractivity contribution in [1.29, 1.82) is 0 Å². The van der Waals surface area contributed by atoms with Crippen molar-refractivity contribution in [3.8, 4) is 0 Å². The van der Waals surface area contributed by atoms with Crippen LogP contribution in [0.5, 0.6) is 0 Å². The minimum absolute atomic E-state index is 0.0292. The molecule has 2 aromatic rings. The summed E-state index contributed by atoms with van der Waals surface area (Å²) in [7, 11) is 0. The SMILES string of the molecule is CCC(Nc1ccc(F)cc1Br)c1ccc(Cl)cc1Cl. The summed E-state index contributed by atoms with van der Waals surface area (Å²) in [6, 6.07) is 10.0. The third-order valence-corrected chi connectivity index (χ3v) is 4.23. The summed E-state index contributed by atoms with van der Waals surface area (Å²) >= 11 is 15.5. The van der Waals surface area contributed by atoms with E-state index in [-0.39, 0.29) is 11.9 Å². The van der Waals surface area contributed by atoms with Crippen LogP contribution >= 0.6 is 39.1 Å². The van der Waals surface area contributed by atoms with E-state index in [4.69, 9.17) is 23.2 Å². The van der Waals surface area contributed by atoms with Gasteiger partial charge in [-0.1, -0.05) is 36.2 Å². The molecule has 106 valence electrons. The molecule has 0 radical (unpaired) electrons. The van der Waals surface area contributed by atoms with Crippen molar-refractivity contribution in [3.63, 3.8) is 0 Å². The lowest BCUT2D eigenvalue weighted by Crippen LogP contribution is -2.10. The maximum Gasteiger partial charge on any atom is 0.124 e. The Kier molecular flexibility index (Phi) is 5.30. The first-order chi connectivity index (χ1) is 9.51. The Labute approximate surface area is 136 Å². The van der Waals surface area contributed by atoms with Crippen molar-refractivity contribution >= 4 is 44.8 Å². The van der Waals surface area contributed by atoms with Crippen molar-refractivity contribution in [2.24, 2.45) is 0 Å². The van der Waals surface area contributed by atoms with Crippen LogP contribution in [0.3, 0.4) is 0 Å². The average Bonchev–Trinajstić information content (AvgIpc) is 2.39. The first-order valence-corrected chi connectivity index (χ1v) is 7.72. The number of hydrogen-bond acceptors (Lipinski definition) is 1. The number of halogens is 4. The van der Waals surface area contributed by atoms with Gasteiger partial charge in [0, 0.05) is 20.2 Å². The standard InChI is InChI=1S/C15H13BrCl2FN/c1-2-14(11-5-3-9(17)7-13(11)18)20-15-6-4-10(19)8-12(15)16/h3-8,14,20H,2H2,1H3. The fraction of sp³-hybridized carbons (Fsp3) is 0.200. The van der Waals surface area contributed by atoms with E-state index in [0.29, 0.717) is 14.5 Å². The van der Waals surface area contributed by atoms with E-state index in [1.165, 1.54) is 12.1 Å². The van der Waals surface area contributed by atoms with Crippen molar-refractivity contribution < 1.29 is 4.39 Å². The zero-order valence-corrected chi connectivity index (χ0v) is 13.9. The summed E-state index contributed by atoms with van der Waals surface area (Å²) in [5, 5.41) is 4.59. The molecule has 0 saturated heterocycles. The monoisotopic (exact) mass is 375 g/mol. The Hall–Kier alpha value is -0.770. The van der Waals surface area contributed by atoms with E-state index in [2.05, 4.69) is 28.2 Å². The van der Waals surface area contributed by atoms with E-state index < -0.39 is 0 Å². The van der Waals surface area contributed by atoms with Crippen LogP contribution in [0, 0.1) is 5.82 Å². The van der Waals surface area contributed by atoms with Crippen molar-refractivity contribution in [3.05, 3.63) is 62.3 Å². The predicted octanol–water partition coefficient (Wildman–Crippen LogP) is 6.46. The molecule has 2 rings (SSSR count). The summed E-state index contributed by atoms with van der Waals surface area (Å²) < 4.78 is 13.8. The van der Waals surface area contributed by atoms with Gasteiger partial charge in [-0.2, -0.15) is 0 Å². The Bertz CT molecular complexity index is 619. The molecule has 0 aliphatic carbocycles. The quantitative estimate of drug-likeness (QED) is 0.645. The molecule has 0 aliphatic heterocycles. The number of anilines is 1. The molecule has 2 aromatic carbocycles. The van der Waals surface area contributed by atoms with E-state index in [9.17, 15) is 4.39 Å². The maximum atomic E-state index is 13.1. The molecule has 0 saturated carbocycles. The van der Waals surface area contributed by atoms with Gasteiger partial charge in [0.2, 0.25) is 0 Å². The van der Waals surface area contributed by atoms with Crippen molar-refractivity contribution in [1.82, 2.24) is 0 Å². The molecule has 20 heavy (non-hydrogen) atoms. The van der Waals surface area contributed by atoms with Crippen LogP contribution in [0.2, 0.25) is 10.0 Å². The van der Waals surface area contributed by atoms with Gasteiger partial charge < -0.3 is 5.32 Å². The smallest absolute Gasteiger partial charge is 0.124 e. The highest BCUT2D eigenvalue weighted by atomic mass is 79.9. The second kappa shape index (κ2) is 6.79. The molecule has 5 heteroatoms. The summed E-state index contributed by atoms with van der Waals surface area (Å²) in [5.41, 5.74) is 1.79. The predicted molar refractivity (Wildman–Crippen MR) is 87.2 cm³/mol. The fourth-order valence-corrected chi connectivity index (χ4v) is 2.98. The zero-order chi connectivity index (χ0) is 14.7. The van der Waals surface area contributed by atoms with Crippen LogP contribution < -0.4 is 5.32 Å². The second-order valence-electron chi connectivity index (χ2n) is 4.40. The normalized spacial score (nSPS) is 12.2. The van der Waals surface area contributed by atoms with Gasteiger partial charge in [-0.25, -0.2) is 4.39 Å². The second-order valence-corrected chi connectivity index (χ2v) is 6.09. The van der Waals surface area contributed by atoms with Crippen LogP contribution in [0.15, 0.2) is 40.9 Å². The minimum Gasteiger partial charge on any atom is -0.377 e. The Morgan fingerprint density at radius 1 is 1.20 bits per heavy atom. The van der Waals surface area contributed by atoms with Gasteiger partial charge in [0.25, 0.3) is 0 Å². The molecule has 0 fully saturated rings. The van der Waals surface area contributed by atoms with Crippen LogP contribution in [-0.4, -0.2) is 0 Å². The summed E-state index contributed by atoms with van der Waals surface area (Å²) in [5.74, 6) is -0.278. The van der Waals surface area contributed by atoms with Crippen LogP contribution in [0.25, 0.3) is 0 Å². The lowest BCUT2D eigenvalue weighted by atomic mass is 10.0. The highest BCUT2D eigenvalue weighted by molar-refractivity contribution is 9.10. The first-order valence-electron chi connectivity index (χ1n) is 6.17. The number of benzene rings is 2. The van der Waals surface area contributed by atoms with Gasteiger partial charge in [-0.15, -0.1) is 0 Å². The molecule has 0 heterocycles. The Balaban J connectivity index is 2.28. The molecular weight excluding hydrogens is 364 g/mol. The lowest BCUT2D eigenvalue weighted by molar-refractivity contribution is 0.627. The topological polar surface area (TPSA) is 12.0 Å². The first kappa shape index (κ1) is 15.6. The molecule has 1 unspecified atom stereocenters. The van der Waals surface area contributed by atoms with Gasteiger partial charge >= 0.3 is 0 Å². The maximum absolute atomic E-state index is 13.1.